The maximum Gasteiger partial charge on any atom is 0.257 e. The molecule has 5 heteroatoms. The molecule has 4 nitrogen and oxygen atoms in total. The van der Waals surface area contributed by atoms with Crippen molar-refractivity contribution in [3.63, 3.8) is 0 Å². The summed E-state index contributed by atoms with van der Waals surface area (Å²) >= 11 is 3.45. The highest BCUT2D eigenvalue weighted by Crippen LogP contribution is 2.28. The Kier molecular flexibility index (Phi) is 8.38. The van der Waals surface area contributed by atoms with Crippen LogP contribution in [0.5, 0.6) is 5.75 Å². The fourth-order valence-corrected chi connectivity index (χ4v) is 2.26. The molecule has 0 aliphatic carbocycles. The van der Waals surface area contributed by atoms with Crippen molar-refractivity contribution in [1.29, 1.82) is 0 Å². The van der Waals surface area contributed by atoms with Gasteiger partial charge in [0.05, 0.1) is 0 Å². The van der Waals surface area contributed by atoms with Crippen LogP contribution in [-0.2, 0) is 4.79 Å². The minimum Gasteiger partial charge on any atom is -0.483 e. The minimum absolute atomic E-state index is 0.0456. The lowest BCUT2D eigenvalue weighted by Crippen LogP contribution is -2.29. The van der Waals surface area contributed by atoms with Crippen LogP contribution < -0.4 is 15.4 Å². The van der Waals surface area contributed by atoms with E-state index < -0.39 is 0 Å². The zero-order valence-electron chi connectivity index (χ0n) is 13.0. The summed E-state index contributed by atoms with van der Waals surface area (Å²) < 4.78 is 6.64. The number of benzene rings is 1. The molecule has 0 bridgehead atoms. The van der Waals surface area contributed by atoms with Crippen LogP contribution in [0.1, 0.15) is 45.2 Å². The average Bonchev–Trinajstić information content (AvgIpc) is 2.48. The van der Waals surface area contributed by atoms with Crippen LogP contribution in [0.25, 0.3) is 0 Å². The molecule has 0 aliphatic rings. The molecular weight excluding hydrogens is 332 g/mol. The molecule has 2 N–H and O–H groups in total. The van der Waals surface area contributed by atoms with Crippen LogP contribution in [-0.4, -0.2) is 25.6 Å². The quantitative estimate of drug-likeness (QED) is 0.712. The Bertz CT molecular complexity index is 452. The molecule has 0 saturated carbocycles. The summed E-state index contributed by atoms with van der Waals surface area (Å²) in [4.78, 5) is 11.6. The normalized spacial score (nSPS) is 12.0. The van der Waals surface area contributed by atoms with E-state index in [4.69, 9.17) is 4.74 Å². The first-order valence-corrected chi connectivity index (χ1v) is 8.30. The van der Waals surface area contributed by atoms with Gasteiger partial charge in [0.2, 0.25) is 0 Å². The van der Waals surface area contributed by atoms with E-state index in [9.17, 15) is 4.79 Å². The summed E-state index contributed by atoms with van der Waals surface area (Å²) in [5.74, 6) is 0.657. The monoisotopic (exact) mass is 356 g/mol. The molecule has 1 atom stereocenters. The number of amides is 1. The topological polar surface area (TPSA) is 50.4 Å². The van der Waals surface area contributed by atoms with Gasteiger partial charge in [-0.3, -0.25) is 4.79 Å². The third-order valence-corrected chi connectivity index (χ3v) is 3.57. The van der Waals surface area contributed by atoms with Crippen molar-refractivity contribution in [2.24, 2.45) is 0 Å². The van der Waals surface area contributed by atoms with Gasteiger partial charge in [0, 0.05) is 22.6 Å². The Balaban J connectivity index is 2.70. The molecule has 21 heavy (non-hydrogen) atoms. The Morgan fingerprint density at radius 3 is 2.67 bits per heavy atom. The Morgan fingerprint density at radius 2 is 2.00 bits per heavy atom. The lowest BCUT2D eigenvalue weighted by Gasteiger charge is -2.18. The molecule has 0 aliphatic heterocycles. The van der Waals surface area contributed by atoms with Crippen LogP contribution in [0.15, 0.2) is 22.7 Å². The SMILES string of the molecule is CCCNC(=O)COc1cc(Br)ccc1C(C)NCCC. The van der Waals surface area contributed by atoms with Gasteiger partial charge >= 0.3 is 0 Å². The molecule has 0 radical (unpaired) electrons. The first kappa shape index (κ1) is 18.0. The summed E-state index contributed by atoms with van der Waals surface area (Å²) in [6, 6.07) is 6.11. The first-order valence-electron chi connectivity index (χ1n) is 7.50. The van der Waals surface area contributed by atoms with Gasteiger partial charge in [-0.05, 0) is 38.4 Å². The average molecular weight is 357 g/mol. The van der Waals surface area contributed by atoms with Crippen molar-refractivity contribution >= 4 is 21.8 Å². The van der Waals surface area contributed by atoms with Crippen molar-refractivity contribution in [3.8, 4) is 5.75 Å². The van der Waals surface area contributed by atoms with E-state index in [1.807, 2.05) is 25.1 Å². The van der Waals surface area contributed by atoms with Gasteiger partial charge in [0.25, 0.3) is 5.91 Å². The molecule has 0 heterocycles. The van der Waals surface area contributed by atoms with Gasteiger partial charge in [-0.15, -0.1) is 0 Å². The van der Waals surface area contributed by atoms with Gasteiger partial charge in [-0.25, -0.2) is 0 Å². The van der Waals surface area contributed by atoms with E-state index in [1.54, 1.807) is 0 Å². The van der Waals surface area contributed by atoms with Gasteiger partial charge in [0.1, 0.15) is 5.75 Å². The molecular formula is C16H25BrN2O2. The van der Waals surface area contributed by atoms with E-state index in [0.717, 1.165) is 35.2 Å². The van der Waals surface area contributed by atoms with Crippen molar-refractivity contribution in [2.75, 3.05) is 19.7 Å². The van der Waals surface area contributed by atoms with Gasteiger partial charge in [0.15, 0.2) is 6.61 Å². The number of ether oxygens (including phenoxy) is 1. The van der Waals surface area contributed by atoms with Crippen molar-refractivity contribution in [2.45, 2.75) is 39.7 Å². The number of hydrogen-bond acceptors (Lipinski definition) is 3. The van der Waals surface area contributed by atoms with E-state index in [2.05, 4.69) is 40.4 Å². The maximum atomic E-state index is 11.6. The molecule has 1 amide bonds. The van der Waals surface area contributed by atoms with Crippen LogP contribution in [0.2, 0.25) is 0 Å². The van der Waals surface area contributed by atoms with Gasteiger partial charge in [-0.1, -0.05) is 35.8 Å². The summed E-state index contributed by atoms with van der Waals surface area (Å²) in [6.07, 6.45) is 2.00. The lowest BCUT2D eigenvalue weighted by molar-refractivity contribution is -0.123. The zero-order chi connectivity index (χ0) is 15.7. The highest BCUT2D eigenvalue weighted by Gasteiger charge is 2.13. The Labute approximate surface area is 135 Å². The lowest BCUT2D eigenvalue weighted by atomic mass is 10.1. The predicted molar refractivity (Wildman–Crippen MR) is 89.6 cm³/mol. The predicted octanol–water partition coefficient (Wildman–Crippen LogP) is 3.41. The first-order chi connectivity index (χ1) is 10.1. The molecule has 0 fully saturated rings. The molecule has 1 rings (SSSR count). The highest BCUT2D eigenvalue weighted by atomic mass is 79.9. The highest BCUT2D eigenvalue weighted by molar-refractivity contribution is 9.10. The van der Waals surface area contributed by atoms with E-state index in [0.29, 0.717) is 6.54 Å². The van der Waals surface area contributed by atoms with Crippen molar-refractivity contribution in [1.82, 2.24) is 10.6 Å². The second-order valence-electron chi connectivity index (χ2n) is 5.00. The number of nitrogens with one attached hydrogen (secondary N) is 2. The molecule has 0 saturated heterocycles. The fraction of sp³-hybridized carbons (Fsp3) is 0.562. The second kappa shape index (κ2) is 9.79. The summed E-state index contributed by atoms with van der Waals surface area (Å²) in [5.41, 5.74) is 1.06. The van der Waals surface area contributed by atoms with Crippen LogP contribution in [0.4, 0.5) is 0 Å². The van der Waals surface area contributed by atoms with Crippen molar-refractivity contribution in [3.05, 3.63) is 28.2 Å². The number of rotatable bonds is 9. The third kappa shape index (κ3) is 6.48. The second-order valence-corrected chi connectivity index (χ2v) is 5.91. The van der Waals surface area contributed by atoms with E-state index >= 15 is 0 Å². The molecule has 1 aromatic carbocycles. The summed E-state index contributed by atoms with van der Waals surface area (Å²) in [5, 5.41) is 6.24. The molecule has 0 spiro atoms. The molecule has 118 valence electrons. The number of hydrogen-bond donors (Lipinski definition) is 2. The van der Waals surface area contributed by atoms with E-state index in [-0.39, 0.29) is 18.6 Å². The number of halogens is 1. The minimum atomic E-state index is -0.0862. The summed E-state index contributed by atoms with van der Waals surface area (Å²) in [7, 11) is 0. The number of carbonyl (C=O) groups is 1. The standard InChI is InChI=1S/C16H25BrN2O2/c1-4-8-18-12(3)14-7-6-13(17)10-15(14)21-11-16(20)19-9-5-2/h6-7,10,12,18H,4-5,8-9,11H2,1-3H3,(H,19,20). The molecule has 0 aromatic heterocycles. The third-order valence-electron chi connectivity index (χ3n) is 3.07. The fourth-order valence-electron chi connectivity index (χ4n) is 1.92. The van der Waals surface area contributed by atoms with Crippen LogP contribution in [0.3, 0.4) is 0 Å². The van der Waals surface area contributed by atoms with Crippen LogP contribution in [0, 0.1) is 0 Å². The largest absolute Gasteiger partial charge is 0.483 e. The smallest absolute Gasteiger partial charge is 0.257 e. The van der Waals surface area contributed by atoms with Crippen molar-refractivity contribution < 1.29 is 9.53 Å². The summed E-state index contributed by atoms with van der Waals surface area (Å²) in [6.45, 7) is 7.94. The Hall–Kier alpha value is -1.07. The number of carbonyl (C=O) groups excluding carboxylic acids is 1. The van der Waals surface area contributed by atoms with Crippen LogP contribution >= 0.6 is 15.9 Å². The maximum absolute atomic E-state index is 11.6. The van der Waals surface area contributed by atoms with E-state index in [1.165, 1.54) is 0 Å². The molecule has 1 aromatic rings. The molecule has 1 unspecified atom stereocenters. The van der Waals surface area contributed by atoms with Gasteiger partial charge in [-0.2, -0.15) is 0 Å². The zero-order valence-corrected chi connectivity index (χ0v) is 14.6. The van der Waals surface area contributed by atoms with Gasteiger partial charge < -0.3 is 15.4 Å². The Morgan fingerprint density at radius 1 is 1.29 bits per heavy atom.